The molecule has 0 aromatic rings. The van der Waals surface area contributed by atoms with Gasteiger partial charge in [0.1, 0.15) is 0 Å². The molecule has 0 aromatic heterocycles. The first-order valence-corrected chi connectivity index (χ1v) is 3.71. The van der Waals surface area contributed by atoms with Gasteiger partial charge in [-0.25, -0.2) is 0 Å². The molecule has 2 nitrogen and oxygen atoms in total. The first kappa shape index (κ1) is 8.56. The lowest BCUT2D eigenvalue weighted by Gasteiger charge is -2.19. The average molecular weight is 163 g/mol. The molecule has 11 heavy (non-hydrogen) atoms. The van der Waals surface area contributed by atoms with E-state index in [9.17, 15) is 13.7 Å². The van der Waals surface area contributed by atoms with Gasteiger partial charge < -0.3 is 0 Å². The van der Waals surface area contributed by atoms with Crippen LogP contribution in [0.5, 0.6) is 0 Å². The SMILES string of the molecule is O=NC1CCC(CF)(CF)C1. The van der Waals surface area contributed by atoms with E-state index in [1.165, 1.54) is 0 Å². The third kappa shape index (κ3) is 1.54. The first-order chi connectivity index (χ1) is 5.26. The van der Waals surface area contributed by atoms with Crippen LogP contribution in [0, 0.1) is 10.3 Å². The van der Waals surface area contributed by atoms with Crippen LogP contribution in [0.4, 0.5) is 8.78 Å². The van der Waals surface area contributed by atoms with Gasteiger partial charge in [-0.3, -0.25) is 8.78 Å². The zero-order valence-corrected chi connectivity index (χ0v) is 6.22. The van der Waals surface area contributed by atoms with Gasteiger partial charge in [-0.1, -0.05) is 5.18 Å². The summed E-state index contributed by atoms with van der Waals surface area (Å²) >= 11 is 0. The molecular formula is C7H11F2NO. The van der Waals surface area contributed by atoms with Gasteiger partial charge in [0.15, 0.2) is 0 Å². The molecule has 1 unspecified atom stereocenters. The lowest BCUT2D eigenvalue weighted by atomic mass is 9.89. The van der Waals surface area contributed by atoms with Gasteiger partial charge in [-0.2, -0.15) is 4.91 Å². The normalized spacial score (nSPS) is 28.7. The third-order valence-electron chi connectivity index (χ3n) is 2.39. The Labute approximate surface area is 63.9 Å². The molecule has 1 fully saturated rings. The second kappa shape index (κ2) is 3.24. The molecule has 64 valence electrons. The van der Waals surface area contributed by atoms with Crippen molar-refractivity contribution >= 4 is 0 Å². The third-order valence-corrected chi connectivity index (χ3v) is 2.39. The van der Waals surface area contributed by atoms with Crippen LogP contribution in [0.2, 0.25) is 0 Å². The summed E-state index contributed by atoms with van der Waals surface area (Å²) in [5, 5.41) is 2.80. The van der Waals surface area contributed by atoms with Crippen LogP contribution in [0.3, 0.4) is 0 Å². The fraction of sp³-hybridized carbons (Fsp3) is 1.00. The number of alkyl halides is 2. The zero-order valence-electron chi connectivity index (χ0n) is 6.22. The van der Waals surface area contributed by atoms with Crippen molar-refractivity contribution in [3.8, 4) is 0 Å². The van der Waals surface area contributed by atoms with E-state index in [1.54, 1.807) is 0 Å². The van der Waals surface area contributed by atoms with Crippen molar-refractivity contribution in [3.63, 3.8) is 0 Å². The van der Waals surface area contributed by atoms with Crippen molar-refractivity contribution in [2.24, 2.45) is 10.6 Å². The summed E-state index contributed by atoms with van der Waals surface area (Å²) in [4.78, 5) is 10.0. The topological polar surface area (TPSA) is 29.4 Å². The van der Waals surface area contributed by atoms with E-state index in [2.05, 4.69) is 5.18 Å². The molecule has 0 amide bonds. The Morgan fingerprint density at radius 2 is 2.09 bits per heavy atom. The molecule has 0 aliphatic heterocycles. The lowest BCUT2D eigenvalue weighted by molar-refractivity contribution is 0.157. The summed E-state index contributed by atoms with van der Waals surface area (Å²) in [6.07, 6.45) is 1.28. The summed E-state index contributed by atoms with van der Waals surface area (Å²) in [7, 11) is 0. The molecule has 1 aliphatic carbocycles. The molecule has 1 saturated carbocycles. The maximum atomic E-state index is 12.3. The Morgan fingerprint density at radius 3 is 2.36 bits per heavy atom. The van der Waals surface area contributed by atoms with E-state index in [-0.39, 0.29) is 12.5 Å². The fourth-order valence-corrected chi connectivity index (χ4v) is 1.55. The second-order valence-electron chi connectivity index (χ2n) is 3.27. The van der Waals surface area contributed by atoms with Crippen molar-refractivity contribution in [2.45, 2.75) is 25.3 Å². The Balaban J connectivity index is 2.54. The lowest BCUT2D eigenvalue weighted by Crippen LogP contribution is -2.22. The smallest absolute Gasteiger partial charge is 0.0976 e. The number of nitrogens with zero attached hydrogens (tertiary/aromatic N) is 1. The van der Waals surface area contributed by atoms with E-state index < -0.39 is 18.8 Å². The molecule has 4 heteroatoms. The number of nitroso groups, excluding NO2 is 1. The molecule has 0 radical (unpaired) electrons. The molecular weight excluding hydrogens is 152 g/mol. The van der Waals surface area contributed by atoms with Gasteiger partial charge in [0, 0.05) is 5.41 Å². The summed E-state index contributed by atoms with van der Waals surface area (Å²) in [5.41, 5.74) is -0.876. The van der Waals surface area contributed by atoms with Crippen LogP contribution in [0.1, 0.15) is 19.3 Å². The molecule has 0 heterocycles. The van der Waals surface area contributed by atoms with Gasteiger partial charge in [0.2, 0.25) is 0 Å². The number of hydrogen-bond acceptors (Lipinski definition) is 2. The quantitative estimate of drug-likeness (QED) is 0.586. The molecule has 1 aliphatic rings. The Hall–Kier alpha value is -0.540. The molecule has 1 rings (SSSR count). The van der Waals surface area contributed by atoms with Crippen LogP contribution in [0.15, 0.2) is 5.18 Å². The predicted molar refractivity (Wildman–Crippen MR) is 37.8 cm³/mol. The number of hydrogen-bond donors (Lipinski definition) is 0. The summed E-state index contributed by atoms with van der Waals surface area (Å²) < 4.78 is 24.6. The number of halogens is 2. The largest absolute Gasteiger partial charge is 0.250 e. The van der Waals surface area contributed by atoms with Gasteiger partial charge >= 0.3 is 0 Å². The maximum absolute atomic E-state index is 12.3. The molecule has 1 atom stereocenters. The fourth-order valence-electron chi connectivity index (χ4n) is 1.55. The Kier molecular flexibility index (Phi) is 2.52. The van der Waals surface area contributed by atoms with E-state index in [0.29, 0.717) is 12.8 Å². The molecule has 0 N–H and O–H groups in total. The standard InChI is InChI=1S/C7H11F2NO/c8-4-7(5-9)2-1-6(3-7)10-11/h6H,1-5H2. The van der Waals surface area contributed by atoms with Crippen LogP contribution in [-0.2, 0) is 0 Å². The number of rotatable bonds is 3. The van der Waals surface area contributed by atoms with Gasteiger partial charge in [0.25, 0.3) is 0 Å². The highest BCUT2D eigenvalue weighted by Gasteiger charge is 2.40. The van der Waals surface area contributed by atoms with Crippen molar-refractivity contribution in [1.82, 2.24) is 0 Å². The Morgan fingerprint density at radius 1 is 1.45 bits per heavy atom. The van der Waals surface area contributed by atoms with E-state index in [4.69, 9.17) is 0 Å². The minimum Gasteiger partial charge on any atom is -0.250 e. The monoisotopic (exact) mass is 163 g/mol. The second-order valence-corrected chi connectivity index (χ2v) is 3.27. The van der Waals surface area contributed by atoms with Crippen LogP contribution in [0.25, 0.3) is 0 Å². The summed E-state index contributed by atoms with van der Waals surface area (Å²) in [6, 6.07) is -0.360. The highest BCUT2D eigenvalue weighted by atomic mass is 19.1. The van der Waals surface area contributed by atoms with E-state index in [1.807, 2.05) is 0 Å². The van der Waals surface area contributed by atoms with Gasteiger partial charge in [-0.15, -0.1) is 0 Å². The van der Waals surface area contributed by atoms with Crippen molar-refractivity contribution in [3.05, 3.63) is 4.91 Å². The molecule has 0 saturated heterocycles. The highest BCUT2D eigenvalue weighted by molar-refractivity contribution is 4.91. The van der Waals surface area contributed by atoms with Crippen LogP contribution in [-0.4, -0.2) is 19.4 Å². The highest BCUT2D eigenvalue weighted by Crippen LogP contribution is 2.40. The van der Waals surface area contributed by atoms with Gasteiger partial charge in [0.05, 0.1) is 19.4 Å². The summed E-state index contributed by atoms with van der Waals surface area (Å²) in [6.45, 7) is -1.34. The van der Waals surface area contributed by atoms with Crippen molar-refractivity contribution in [1.29, 1.82) is 0 Å². The maximum Gasteiger partial charge on any atom is 0.0976 e. The van der Waals surface area contributed by atoms with E-state index in [0.717, 1.165) is 0 Å². The molecule has 0 spiro atoms. The minimum absolute atomic E-state index is 0.281. The molecule has 0 bridgehead atoms. The Bertz CT molecular complexity index is 147. The summed E-state index contributed by atoms with van der Waals surface area (Å²) in [5.74, 6) is 0. The predicted octanol–water partition coefficient (Wildman–Crippen LogP) is 2.23. The van der Waals surface area contributed by atoms with Crippen LogP contribution < -0.4 is 0 Å². The molecule has 0 aromatic carbocycles. The van der Waals surface area contributed by atoms with E-state index >= 15 is 0 Å². The minimum atomic E-state index is -0.876. The zero-order chi connectivity index (χ0) is 8.32. The average Bonchev–Trinajstić information content (AvgIpc) is 2.49. The van der Waals surface area contributed by atoms with Crippen molar-refractivity contribution < 1.29 is 8.78 Å². The van der Waals surface area contributed by atoms with Gasteiger partial charge in [-0.05, 0) is 19.3 Å². The first-order valence-electron chi connectivity index (χ1n) is 3.71. The van der Waals surface area contributed by atoms with Crippen LogP contribution >= 0.6 is 0 Å². The van der Waals surface area contributed by atoms with Crippen molar-refractivity contribution in [2.75, 3.05) is 13.3 Å².